The van der Waals surface area contributed by atoms with Crippen LogP contribution in [-0.2, 0) is 27.4 Å². The number of fused-ring (bicyclic) bond motifs is 1. The summed E-state index contributed by atoms with van der Waals surface area (Å²) in [4.78, 5) is 28.3. The van der Waals surface area contributed by atoms with E-state index >= 15 is 0 Å². The largest absolute Gasteiger partial charge is 0.507 e. The van der Waals surface area contributed by atoms with Crippen molar-refractivity contribution < 1.29 is 33.6 Å². The highest BCUT2D eigenvalue weighted by Crippen LogP contribution is 2.43. The Morgan fingerprint density at radius 2 is 1.83 bits per heavy atom. The predicted molar refractivity (Wildman–Crippen MR) is 154 cm³/mol. The lowest BCUT2D eigenvalue weighted by Gasteiger charge is -2.26. The average Bonchev–Trinajstić information content (AvgIpc) is 3.48. The maximum atomic E-state index is 13.4. The highest BCUT2D eigenvalue weighted by atomic mass is 16.5. The van der Waals surface area contributed by atoms with E-state index in [9.17, 15) is 14.7 Å². The zero-order valence-corrected chi connectivity index (χ0v) is 23.6. The Balaban J connectivity index is 1.55. The van der Waals surface area contributed by atoms with Crippen LogP contribution in [0, 0.1) is 0 Å². The third-order valence-corrected chi connectivity index (χ3v) is 7.28. The summed E-state index contributed by atoms with van der Waals surface area (Å²) in [7, 11) is 1.59. The van der Waals surface area contributed by atoms with Gasteiger partial charge in [-0.25, -0.2) is 0 Å². The number of likely N-dealkylation sites (tertiary alicyclic amines) is 1. The van der Waals surface area contributed by atoms with Crippen LogP contribution in [-0.4, -0.2) is 54.7 Å². The molecule has 2 heterocycles. The number of benzene rings is 3. The number of carbonyl (C=O) groups is 2. The van der Waals surface area contributed by atoms with Crippen molar-refractivity contribution in [2.24, 2.45) is 0 Å². The molecule has 0 radical (unpaired) electrons. The van der Waals surface area contributed by atoms with E-state index in [1.807, 2.05) is 56.3 Å². The summed E-state index contributed by atoms with van der Waals surface area (Å²) in [5.41, 5.74) is 3.11. The zero-order chi connectivity index (χ0) is 28.9. The molecule has 0 aliphatic carbocycles. The van der Waals surface area contributed by atoms with Crippen LogP contribution >= 0.6 is 0 Å². The molecule has 2 aliphatic rings. The number of amides is 1. The van der Waals surface area contributed by atoms with Crippen LogP contribution in [0.5, 0.6) is 17.2 Å². The number of aliphatic hydroxyl groups excluding tert-OH is 1. The van der Waals surface area contributed by atoms with Crippen molar-refractivity contribution >= 4 is 17.4 Å². The third kappa shape index (κ3) is 5.93. The molecule has 0 aromatic heterocycles. The second kappa shape index (κ2) is 12.5. The Hall–Kier alpha value is -4.30. The van der Waals surface area contributed by atoms with Gasteiger partial charge in [-0.2, -0.15) is 0 Å². The van der Waals surface area contributed by atoms with E-state index in [-0.39, 0.29) is 24.0 Å². The number of hydrogen-bond acceptors (Lipinski definition) is 7. The maximum Gasteiger partial charge on any atom is 0.295 e. The van der Waals surface area contributed by atoms with Crippen LogP contribution < -0.4 is 14.2 Å². The molecule has 0 spiro atoms. The summed E-state index contributed by atoms with van der Waals surface area (Å²) >= 11 is 0. The van der Waals surface area contributed by atoms with Crippen LogP contribution in [0.4, 0.5) is 0 Å². The molecule has 41 heavy (non-hydrogen) atoms. The Labute approximate surface area is 240 Å². The van der Waals surface area contributed by atoms with Crippen molar-refractivity contribution in [2.75, 3.05) is 26.9 Å². The molecule has 3 aromatic rings. The number of carbonyl (C=O) groups excluding carboxylic acids is 2. The number of rotatable bonds is 11. The fraction of sp³-hybridized carbons (Fsp3) is 0.333. The SMILES string of the molecule is CCOc1cc([C@H]2/C(=C(\O)c3ccc4c(c3)C[C@@H](C)O4)C(=O)C(=O)N2CCCOC)ccc1OCc1ccccc1. The first kappa shape index (κ1) is 28.2. The number of ether oxygens (including phenoxy) is 4. The topological polar surface area (TPSA) is 94.5 Å². The normalized spacial score (nSPS) is 19.2. The predicted octanol–water partition coefficient (Wildman–Crippen LogP) is 5.45. The molecule has 2 atom stereocenters. The Bertz CT molecular complexity index is 1450. The molecule has 3 aromatic carbocycles. The monoisotopic (exact) mass is 557 g/mol. The van der Waals surface area contributed by atoms with Crippen molar-refractivity contribution in [1.82, 2.24) is 4.90 Å². The summed E-state index contributed by atoms with van der Waals surface area (Å²) in [5.74, 6) is 0.200. The molecule has 1 saturated heterocycles. The Kier molecular flexibility index (Phi) is 8.59. The summed E-state index contributed by atoms with van der Waals surface area (Å²) in [6.45, 7) is 5.32. The molecule has 1 fully saturated rings. The molecule has 1 N–H and O–H groups in total. The van der Waals surface area contributed by atoms with Gasteiger partial charge in [-0.15, -0.1) is 0 Å². The number of ketones is 1. The third-order valence-electron chi connectivity index (χ3n) is 7.28. The van der Waals surface area contributed by atoms with Crippen molar-refractivity contribution in [3.8, 4) is 17.2 Å². The van der Waals surface area contributed by atoms with Crippen LogP contribution in [0.25, 0.3) is 5.76 Å². The fourth-order valence-electron chi connectivity index (χ4n) is 5.38. The first-order chi connectivity index (χ1) is 19.9. The van der Waals surface area contributed by atoms with E-state index in [2.05, 4.69) is 0 Å². The van der Waals surface area contributed by atoms with Crippen LogP contribution in [0.2, 0.25) is 0 Å². The first-order valence-electron chi connectivity index (χ1n) is 13.9. The molecule has 5 rings (SSSR count). The van der Waals surface area contributed by atoms with Crippen LogP contribution in [0.15, 0.2) is 72.3 Å². The molecule has 8 heteroatoms. The second-order valence-electron chi connectivity index (χ2n) is 10.2. The molecule has 214 valence electrons. The molecule has 2 aliphatic heterocycles. The van der Waals surface area contributed by atoms with Crippen molar-refractivity contribution in [2.45, 2.75) is 45.4 Å². The molecular formula is C33H35NO7. The van der Waals surface area contributed by atoms with Gasteiger partial charge < -0.3 is 29.0 Å². The lowest BCUT2D eigenvalue weighted by atomic mass is 9.94. The molecule has 0 unspecified atom stereocenters. The van der Waals surface area contributed by atoms with Crippen LogP contribution in [0.1, 0.15) is 48.6 Å². The smallest absolute Gasteiger partial charge is 0.295 e. The van der Waals surface area contributed by atoms with Crippen molar-refractivity contribution in [3.05, 3.63) is 94.6 Å². The number of hydrogen-bond donors (Lipinski definition) is 1. The van der Waals surface area contributed by atoms with Crippen LogP contribution in [0.3, 0.4) is 0 Å². The van der Waals surface area contributed by atoms with Gasteiger partial charge >= 0.3 is 0 Å². The molecule has 0 saturated carbocycles. The Morgan fingerprint density at radius 1 is 1.02 bits per heavy atom. The van der Waals surface area contributed by atoms with Gasteiger partial charge in [0, 0.05) is 32.2 Å². The number of aliphatic hydroxyl groups is 1. The van der Waals surface area contributed by atoms with Gasteiger partial charge in [-0.1, -0.05) is 36.4 Å². The summed E-state index contributed by atoms with van der Waals surface area (Å²) in [6.07, 6.45) is 1.27. The van der Waals surface area contributed by atoms with Crippen molar-refractivity contribution in [1.29, 1.82) is 0 Å². The van der Waals surface area contributed by atoms with Gasteiger partial charge in [-0.05, 0) is 67.3 Å². The van der Waals surface area contributed by atoms with Gasteiger partial charge in [-0.3, -0.25) is 9.59 Å². The van der Waals surface area contributed by atoms with E-state index in [1.54, 1.807) is 31.4 Å². The van der Waals surface area contributed by atoms with E-state index < -0.39 is 17.7 Å². The van der Waals surface area contributed by atoms with Gasteiger partial charge in [0.15, 0.2) is 11.5 Å². The summed E-state index contributed by atoms with van der Waals surface area (Å²) < 4.78 is 23.0. The van der Waals surface area contributed by atoms with E-state index in [1.165, 1.54) is 4.90 Å². The second-order valence-corrected chi connectivity index (χ2v) is 10.2. The summed E-state index contributed by atoms with van der Waals surface area (Å²) in [5, 5.41) is 11.5. The summed E-state index contributed by atoms with van der Waals surface area (Å²) in [6, 6.07) is 19.7. The zero-order valence-electron chi connectivity index (χ0n) is 23.6. The lowest BCUT2D eigenvalue weighted by molar-refractivity contribution is -0.140. The van der Waals surface area contributed by atoms with Crippen molar-refractivity contribution in [3.63, 3.8) is 0 Å². The van der Waals surface area contributed by atoms with E-state index in [4.69, 9.17) is 18.9 Å². The number of Topliss-reactive ketones (excluding diaryl/α,β-unsaturated/α-hetero) is 1. The maximum absolute atomic E-state index is 13.4. The average molecular weight is 558 g/mol. The highest BCUT2D eigenvalue weighted by Gasteiger charge is 2.46. The minimum absolute atomic E-state index is 0.0355. The van der Waals surface area contributed by atoms with Gasteiger partial charge in [0.25, 0.3) is 11.7 Å². The lowest BCUT2D eigenvalue weighted by Crippen LogP contribution is -2.31. The highest BCUT2D eigenvalue weighted by molar-refractivity contribution is 6.46. The van der Waals surface area contributed by atoms with Gasteiger partial charge in [0.1, 0.15) is 24.2 Å². The standard InChI is InChI=1S/C33H35NO7/c1-4-39-28-19-23(11-14-27(28)40-20-22-9-6-5-7-10-22)30-29(32(36)33(37)34(30)15-8-16-38-3)31(35)24-12-13-26-25(18-24)17-21(2)41-26/h5-7,9-14,18-19,21,30,35H,4,8,15-17,20H2,1-3H3/b31-29+/t21-,30+/m1/s1. The minimum Gasteiger partial charge on any atom is -0.507 e. The molecule has 1 amide bonds. The minimum atomic E-state index is -0.808. The van der Waals surface area contributed by atoms with E-state index in [0.29, 0.717) is 55.3 Å². The van der Waals surface area contributed by atoms with Gasteiger partial charge in [0.05, 0.1) is 18.2 Å². The van der Waals surface area contributed by atoms with Gasteiger partial charge in [0.2, 0.25) is 0 Å². The first-order valence-corrected chi connectivity index (χ1v) is 13.9. The molecule has 0 bridgehead atoms. The molecule has 8 nitrogen and oxygen atoms in total. The number of nitrogens with zero attached hydrogens (tertiary/aromatic N) is 1. The number of methoxy groups -OCH3 is 1. The molecular weight excluding hydrogens is 522 g/mol. The van der Waals surface area contributed by atoms with E-state index in [0.717, 1.165) is 16.9 Å². The Morgan fingerprint density at radius 3 is 2.59 bits per heavy atom. The fourth-order valence-corrected chi connectivity index (χ4v) is 5.38. The quantitative estimate of drug-likeness (QED) is 0.145.